The molecular weight excluding hydrogens is 432 g/mol. The summed E-state index contributed by atoms with van der Waals surface area (Å²) in [6, 6.07) is 6.09. The van der Waals surface area contributed by atoms with Gasteiger partial charge >= 0.3 is 0 Å². The van der Waals surface area contributed by atoms with E-state index in [1.807, 2.05) is 43.6 Å². The highest BCUT2D eigenvalue weighted by molar-refractivity contribution is 7.81. The summed E-state index contributed by atoms with van der Waals surface area (Å²) in [7, 11) is 0. The van der Waals surface area contributed by atoms with E-state index in [9.17, 15) is 14.7 Å². The first-order valence-electron chi connectivity index (χ1n) is 10.3. The van der Waals surface area contributed by atoms with Crippen molar-refractivity contribution in [1.82, 2.24) is 15.2 Å². The summed E-state index contributed by atoms with van der Waals surface area (Å²) in [5.41, 5.74) is 10.9. The van der Waals surface area contributed by atoms with Crippen molar-refractivity contribution in [2.75, 3.05) is 6.54 Å². The van der Waals surface area contributed by atoms with E-state index in [-0.39, 0.29) is 30.8 Å². The molecule has 1 aromatic heterocycles. The molecule has 0 bridgehead atoms. The molecule has 2 heterocycles. The average Bonchev–Trinajstić information content (AvgIpc) is 3.31. The molecule has 1 aliphatic heterocycles. The summed E-state index contributed by atoms with van der Waals surface area (Å²) in [5.74, 6) is -0.683. The van der Waals surface area contributed by atoms with Gasteiger partial charge < -0.3 is 21.1 Å². The maximum atomic E-state index is 13.0. The fourth-order valence-electron chi connectivity index (χ4n) is 3.68. The molecule has 0 saturated carbocycles. The zero-order chi connectivity index (χ0) is 22.9. The second-order valence-electron chi connectivity index (χ2n) is 8.65. The zero-order valence-corrected chi connectivity index (χ0v) is 19.9. The van der Waals surface area contributed by atoms with Crippen LogP contribution in [-0.2, 0) is 9.59 Å². The molecule has 2 amide bonds. The van der Waals surface area contributed by atoms with Crippen LogP contribution in [0.25, 0.3) is 10.4 Å². The van der Waals surface area contributed by atoms with Gasteiger partial charge in [0.25, 0.3) is 0 Å². The molecular formula is C22H30N4O3S2. The van der Waals surface area contributed by atoms with E-state index in [1.54, 1.807) is 25.2 Å². The lowest BCUT2D eigenvalue weighted by Crippen LogP contribution is -2.56. The summed E-state index contributed by atoms with van der Waals surface area (Å²) in [6.45, 7) is 7.46. The Bertz CT molecular complexity index is 939. The molecule has 7 nitrogen and oxygen atoms in total. The van der Waals surface area contributed by atoms with Crippen LogP contribution in [0.5, 0.6) is 0 Å². The van der Waals surface area contributed by atoms with Crippen LogP contribution in [0.15, 0.2) is 29.8 Å². The fraction of sp³-hybridized carbons (Fsp3) is 0.500. The van der Waals surface area contributed by atoms with E-state index >= 15 is 0 Å². The number of nitrogens with one attached hydrogen (secondary N) is 1. The van der Waals surface area contributed by atoms with Gasteiger partial charge in [0.2, 0.25) is 11.8 Å². The number of aliphatic hydroxyl groups is 1. The predicted molar refractivity (Wildman–Crippen MR) is 126 cm³/mol. The van der Waals surface area contributed by atoms with Crippen LogP contribution >= 0.6 is 24.0 Å². The standard InChI is InChI=1S/C22H30N4O3S2/c1-12(14-5-7-15(8-6-14)18-13(2)24-11-31-18)25-20(28)17-9-16(27)10-26(17)21(29)19(23)22(3,4)30/h5-8,11-12,16-17,19,27,30H,9-10,23H2,1-4H3,(H,25,28)/t12-,16+,17-,19+/m0/s1. The number of carbonyl (C=O) groups excluding carboxylic acids is 2. The van der Waals surface area contributed by atoms with Gasteiger partial charge in [-0.25, -0.2) is 4.98 Å². The lowest BCUT2D eigenvalue weighted by molar-refractivity contribution is -0.140. The number of nitrogens with zero attached hydrogens (tertiary/aromatic N) is 2. The van der Waals surface area contributed by atoms with E-state index in [0.717, 1.165) is 21.7 Å². The summed E-state index contributed by atoms with van der Waals surface area (Å²) in [4.78, 5) is 32.6. The third-order valence-corrected chi connectivity index (χ3v) is 6.92. The molecule has 1 aromatic carbocycles. The number of β-amino-alcohol motifs (C(OH)–C–C–N with tert-alkyl or cyclic N) is 1. The monoisotopic (exact) mass is 462 g/mol. The quantitative estimate of drug-likeness (QED) is 0.493. The van der Waals surface area contributed by atoms with Crippen LogP contribution < -0.4 is 11.1 Å². The van der Waals surface area contributed by atoms with Crippen molar-refractivity contribution in [1.29, 1.82) is 0 Å². The summed E-state index contributed by atoms with van der Waals surface area (Å²) in [5, 5.41) is 13.1. The molecule has 0 aliphatic carbocycles. The SMILES string of the molecule is Cc1ncsc1-c1ccc([C@H](C)NC(=O)[C@@H]2C[C@@H](O)CN2C(=O)[C@@H](N)C(C)(C)S)cc1. The first kappa shape index (κ1) is 23.7. The molecule has 2 aromatic rings. The number of benzene rings is 1. The van der Waals surface area contributed by atoms with Crippen LogP contribution in [0.3, 0.4) is 0 Å². The first-order valence-corrected chi connectivity index (χ1v) is 11.6. The molecule has 0 spiro atoms. The van der Waals surface area contributed by atoms with E-state index < -0.39 is 22.9 Å². The minimum atomic E-state index is -0.878. The molecule has 4 N–H and O–H groups in total. The van der Waals surface area contributed by atoms with Gasteiger partial charge in [0, 0.05) is 17.7 Å². The molecule has 1 fully saturated rings. The summed E-state index contributed by atoms with van der Waals surface area (Å²) < 4.78 is -0.739. The lowest BCUT2D eigenvalue weighted by atomic mass is 10.0. The predicted octanol–water partition coefficient (Wildman–Crippen LogP) is 2.29. The second-order valence-corrected chi connectivity index (χ2v) is 10.7. The minimum absolute atomic E-state index is 0.0890. The van der Waals surface area contributed by atoms with Crippen molar-refractivity contribution in [2.24, 2.45) is 5.73 Å². The van der Waals surface area contributed by atoms with Crippen molar-refractivity contribution >= 4 is 35.8 Å². The number of thiol groups is 1. The average molecular weight is 463 g/mol. The normalized spacial score (nSPS) is 21.1. The van der Waals surface area contributed by atoms with Gasteiger partial charge in [-0.15, -0.1) is 11.3 Å². The maximum Gasteiger partial charge on any atom is 0.243 e. The van der Waals surface area contributed by atoms with Gasteiger partial charge in [0.05, 0.1) is 34.3 Å². The number of thiazole rings is 1. The van der Waals surface area contributed by atoms with Gasteiger partial charge in [-0.2, -0.15) is 12.6 Å². The Kier molecular flexibility index (Phi) is 7.10. The van der Waals surface area contributed by atoms with E-state index in [4.69, 9.17) is 5.73 Å². The Labute approximate surface area is 192 Å². The zero-order valence-electron chi connectivity index (χ0n) is 18.2. The van der Waals surface area contributed by atoms with E-state index in [1.165, 1.54) is 4.90 Å². The molecule has 1 aliphatic rings. The van der Waals surface area contributed by atoms with Crippen LogP contribution in [-0.4, -0.2) is 56.3 Å². The number of hydrogen-bond acceptors (Lipinski definition) is 7. The number of rotatable bonds is 6. The van der Waals surface area contributed by atoms with Crippen molar-refractivity contribution in [3.8, 4) is 10.4 Å². The Hall–Kier alpha value is -1.94. The van der Waals surface area contributed by atoms with E-state index in [2.05, 4.69) is 22.9 Å². The summed E-state index contributed by atoms with van der Waals surface area (Å²) in [6.07, 6.45) is -0.569. The van der Waals surface area contributed by atoms with Crippen LogP contribution in [0.1, 0.15) is 44.5 Å². The Balaban J connectivity index is 1.69. The number of aromatic nitrogens is 1. The van der Waals surface area contributed by atoms with E-state index in [0.29, 0.717) is 0 Å². The maximum absolute atomic E-state index is 13.0. The van der Waals surface area contributed by atoms with Crippen LogP contribution in [0, 0.1) is 6.92 Å². The molecule has 9 heteroatoms. The fourth-order valence-corrected chi connectivity index (χ4v) is 4.60. The topological polar surface area (TPSA) is 109 Å². The first-order chi connectivity index (χ1) is 14.5. The number of aliphatic hydroxyl groups excluding tert-OH is 1. The number of amides is 2. The number of nitrogens with two attached hydrogens (primary N) is 1. The lowest BCUT2D eigenvalue weighted by Gasteiger charge is -2.32. The molecule has 0 radical (unpaired) electrons. The minimum Gasteiger partial charge on any atom is -0.391 e. The molecule has 0 unspecified atom stereocenters. The largest absolute Gasteiger partial charge is 0.391 e. The number of likely N-dealkylation sites (tertiary alicyclic amines) is 1. The number of hydrogen-bond donors (Lipinski definition) is 4. The Morgan fingerprint density at radius 3 is 2.55 bits per heavy atom. The molecule has 31 heavy (non-hydrogen) atoms. The van der Waals surface area contributed by atoms with Gasteiger partial charge in [-0.1, -0.05) is 24.3 Å². The van der Waals surface area contributed by atoms with Crippen LogP contribution in [0.4, 0.5) is 0 Å². The van der Waals surface area contributed by atoms with Crippen molar-refractivity contribution < 1.29 is 14.7 Å². The van der Waals surface area contributed by atoms with Gasteiger partial charge in [0.15, 0.2) is 0 Å². The third-order valence-electron chi connectivity index (χ3n) is 5.67. The highest BCUT2D eigenvalue weighted by Gasteiger charge is 2.43. The van der Waals surface area contributed by atoms with Crippen LogP contribution in [0.2, 0.25) is 0 Å². The highest BCUT2D eigenvalue weighted by Crippen LogP contribution is 2.29. The molecule has 3 rings (SSSR count). The van der Waals surface area contributed by atoms with Gasteiger partial charge in [-0.3, -0.25) is 9.59 Å². The second kappa shape index (κ2) is 9.28. The smallest absolute Gasteiger partial charge is 0.243 e. The third kappa shape index (κ3) is 5.28. The number of aryl methyl sites for hydroxylation is 1. The Morgan fingerprint density at radius 1 is 1.35 bits per heavy atom. The Morgan fingerprint density at radius 2 is 2.00 bits per heavy atom. The van der Waals surface area contributed by atoms with Crippen molar-refractivity contribution in [2.45, 2.75) is 63.1 Å². The molecule has 4 atom stereocenters. The van der Waals surface area contributed by atoms with Gasteiger partial charge in [0.1, 0.15) is 6.04 Å². The highest BCUT2D eigenvalue weighted by atomic mass is 32.1. The molecule has 1 saturated heterocycles. The summed E-state index contributed by atoms with van der Waals surface area (Å²) >= 11 is 5.98. The van der Waals surface area contributed by atoms with Crippen molar-refractivity contribution in [3.05, 3.63) is 41.0 Å². The number of carbonyl (C=O) groups is 2. The van der Waals surface area contributed by atoms with Gasteiger partial charge in [-0.05, 0) is 38.8 Å². The molecule has 168 valence electrons. The van der Waals surface area contributed by atoms with Crippen molar-refractivity contribution in [3.63, 3.8) is 0 Å².